The lowest BCUT2D eigenvalue weighted by Crippen LogP contribution is -2.14. The summed E-state index contributed by atoms with van der Waals surface area (Å²) in [6.45, 7) is 24.8. The number of phosphoric ester groups is 1. The highest BCUT2D eigenvalue weighted by molar-refractivity contribution is 7.57. The number of phosphoric acid groups is 1. The van der Waals surface area contributed by atoms with Crippen molar-refractivity contribution in [1.29, 1.82) is 0 Å². The van der Waals surface area contributed by atoms with Crippen LogP contribution in [-0.4, -0.2) is 78.1 Å². The summed E-state index contributed by atoms with van der Waals surface area (Å²) >= 11 is 0. The zero-order valence-electron chi connectivity index (χ0n) is 29.3. The van der Waals surface area contributed by atoms with Crippen molar-refractivity contribution in [3.05, 3.63) is 13.2 Å². The van der Waals surface area contributed by atoms with Gasteiger partial charge in [-0.2, -0.15) is 0 Å². The second-order valence-corrected chi connectivity index (χ2v) is 14.7. The summed E-state index contributed by atoms with van der Waals surface area (Å²) in [7, 11) is -5.75. The lowest BCUT2D eigenvalue weighted by atomic mass is 10.0. The molecule has 0 aliphatic heterocycles. The number of ether oxygens (including phenoxy) is 2. The fourth-order valence-electron chi connectivity index (χ4n) is 3.41. The lowest BCUT2D eigenvalue weighted by Gasteiger charge is -2.19. The third-order valence-electron chi connectivity index (χ3n) is 5.94. The summed E-state index contributed by atoms with van der Waals surface area (Å²) in [4.78, 5) is 17.1. The van der Waals surface area contributed by atoms with Crippen LogP contribution in [0.3, 0.4) is 0 Å². The van der Waals surface area contributed by atoms with Gasteiger partial charge in [0.1, 0.15) is 11.9 Å². The highest BCUT2D eigenvalue weighted by Gasteiger charge is 2.26. The summed E-state index contributed by atoms with van der Waals surface area (Å²) < 4.78 is 55.9. The van der Waals surface area contributed by atoms with Crippen molar-refractivity contribution in [2.24, 2.45) is 11.8 Å². The molecule has 0 bridgehead atoms. The van der Waals surface area contributed by atoms with Gasteiger partial charge in [-0.15, -0.1) is 0 Å². The first-order valence-corrected chi connectivity index (χ1v) is 20.1. The molecule has 0 saturated heterocycles. The molecule has 10 nitrogen and oxygen atoms in total. The first kappa shape index (κ1) is 50.0. The van der Waals surface area contributed by atoms with Gasteiger partial charge in [-0.3, -0.25) is 18.1 Å². The van der Waals surface area contributed by atoms with Crippen LogP contribution in [0.2, 0.25) is 0 Å². The van der Waals surface area contributed by atoms with E-state index in [0.717, 1.165) is 25.7 Å². The van der Waals surface area contributed by atoms with Crippen molar-refractivity contribution < 1.29 is 46.3 Å². The molecular weight excluding hydrogens is 606 g/mol. The summed E-state index contributed by atoms with van der Waals surface area (Å²) in [5, 5.41) is 0. The van der Waals surface area contributed by atoms with Crippen molar-refractivity contribution in [2.75, 3.05) is 66.2 Å². The Hall–Kier alpha value is -0.880. The molecule has 44 heavy (non-hydrogen) atoms. The van der Waals surface area contributed by atoms with Crippen LogP contribution in [0.1, 0.15) is 106 Å². The number of rotatable bonds is 26. The summed E-state index contributed by atoms with van der Waals surface area (Å²) in [6, 6.07) is 0. The maximum atomic E-state index is 12.6. The molecule has 12 heteroatoms. The molecule has 0 fully saturated rings. The number of unbranched alkanes of at least 4 members (excludes halogenated alkanes) is 3. The van der Waals surface area contributed by atoms with Crippen molar-refractivity contribution in [3.8, 4) is 0 Å². The first-order valence-electron chi connectivity index (χ1n) is 16.1. The molecule has 0 aromatic rings. The van der Waals surface area contributed by atoms with Gasteiger partial charge in [-0.05, 0) is 51.2 Å². The molecule has 0 N–H and O–H groups in total. The largest absolute Gasteiger partial charge is 0.474 e. The van der Waals surface area contributed by atoms with E-state index < -0.39 is 15.2 Å². The Labute approximate surface area is 270 Å². The monoisotopic (exact) mass is 672 g/mol. The van der Waals surface area contributed by atoms with E-state index in [1.807, 2.05) is 0 Å². The molecule has 0 amide bonds. The van der Waals surface area contributed by atoms with Gasteiger partial charge < -0.3 is 14.0 Å². The molecule has 0 radical (unpaired) electrons. The second-order valence-electron chi connectivity index (χ2n) is 10.2. The van der Waals surface area contributed by atoms with Crippen LogP contribution in [0.5, 0.6) is 0 Å². The third kappa shape index (κ3) is 43.2. The average molecular weight is 673 g/mol. The molecule has 0 aliphatic rings. The van der Waals surface area contributed by atoms with Crippen LogP contribution >= 0.6 is 15.2 Å². The molecular formula is C32H66O10P2. The standard InChI is InChI=1S/C22H47O6P.C6H15O2P.2C2H2O/c1-6-11-13-21(8-3)19-24-15-17-27-29(23,26-10-5)28-18-16-25-20-22(9-4)14-12-7-2;1-4-5-6-8-9(2,3)7;2*1-2-3/h21-22H,6-20H2,1-5H3;4-6H2,1-3H3;2*1H2. The van der Waals surface area contributed by atoms with Crippen LogP contribution in [0.4, 0.5) is 0 Å². The van der Waals surface area contributed by atoms with Crippen LogP contribution in [0.25, 0.3) is 0 Å². The number of carbonyl (C=O) groups excluding carboxylic acids is 2. The van der Waals surface area contributed by atoms with E-state index in [4.69, 9.17) is 37.2 Å². The van der Waals surface area contributed by atoms with Gasteiger partial charge in [0.25, 0.3) is 0 Å². The maximum absolute atomic E-state index is 12.6. The van der Waals surface area contributed by atoms with Gasteiger partial charge in [0.15, 0.2) is 7.37 Å². The smallest absolute Gasteiger partial charge is 0.379 e. The highest BCUT2D eigenvalue weighted by Crippen LogP contribution is 2.49. The maximum Gasteiger partial charge on any atom is 0.474 e. The zero-order chi connectivity index (χ0) is 34.5. The summed E-state index contributed by atoms with van der Waals surface area (Å²) in [5.41, 5.74) is 0. The van der Waals surface area contributed by atoms with Crippen molar-refractivity contribution >= 4 is 27.1 Å². The van der Waals surface area contributed by atoms with Gasteiger partial charge in [0.05, 0.1) is 39.6 Å². The molecule has 0 aromatic heterocycles. The average Bonchev–Trinajstić information content (AvgIpc) is 2.97. The van der Waals surface area contributed by atoms with E-state index in [1.165, 1.54) is 50.4 Å². The van der Waals surface area contributed by atoms with E-state index in [1.54, 1.807) is 20.3 Å². The van der Waals surface area contributed by atoms with E-state index in [-0.39, 0.29) is 19.8 Å². The van der Waals surface area contributed by atoms with E-state index in [9.17, 15) is 9.13 Å². The van der Waals surface area contributed by atoms with Crippen molar-refractivity contribution in [3.63, 3.8) is 0 Å². The minimum absolute atomic E-state index is 0.192. The Morgan fingerprint density at radius 2 is 0.977 bits per heavy atom. The molecule has 0 heterocycles. The van der Waals surface area contributed by atoms with Crippen molar-refractivity contribution in [2.45, 2.75) is 106 Å². The van der Waals surface area contributed by atoms with Crippen molar-refractivity contribution in [1.82, 2.24) is 0 Å². The van der Waals surface area contributed by atoms with E-state index >= 15 is 0 Å². The molecule has 0 aromatic carbocycles. The predicted octanol–water partition coefficient (Wildman–Crippen LogP) is 8.98. The Morgan fingerprint density at radius 3 is 1.27 bits per heavy atom. The van der Waals surface area contributed by atoms with Gasteiger partial charge in [0, 0.05) is 26.5 Å². The van der Waals surface area contributed by atoms with Crippen LogP contribution in [0.15, 0.2) is 13.2 Å². The number of hydrogen-bond donors (Lipinski definition) is 0. The topological polar surface area (TPSA) is 124 Å². The van der Waals surface area contributed by atoms with E-state index in [0.29, 0.717) is 44.9 Å². The molecule has 0 aliphatic carbocycles. The predicted molar refractivity (Wildman–Crippen MR) is 182 cm³/mol. The highest BCUT2D eigenvalue weighted by atomic mass is 31.2. The zero-order valence-corrected chi connectivity index (χ0v) is 31.1. The minimum Gasteiger partial charge on any atom is -0.379 e. The molecule has 0 spiro atoms. The molecule has 0 saturated carbocycles. The lowest BCUT2D eigenvalue weighted by molar-refractivity contribution is 0.0326. The summed E-state index contributed by atoms with van der Waals surface area (Å²) in [5.74, 6) is 3.65. The Bertz CT molecular complexity index is 703. The van der Waals surface area contributed by atoms with Crippen LogP contribution in [-0.2, 0) is 46.3 Å². The summed E-state index contributed by atoms with van der Waals surface area (Å²) in [6.07, 6.45) is 11.6. The Morgan fingerprint density at radius 1 is 0.591 bits per heavy atom. The van der Waals surface area contributed by atoms with Crippen LogP contribution in [0, 0.1) is 11.8 Å². The van der Waals surface area contributed by atoms with E-state index in [2.05, 4.69) is 47.8 Å². The second kappa shape index (κ2) is 38.3. The van der Waals surface area contributed by atoms with Gasteiger partial charge in [0.2, 0.25) is 0 Å². The molecule has 0 rings (SSSR count). The first-order chi connectivity index (χ1) is 20.9. The van der Waals surface area contributed by atoms with Gasteiger partial charge >= 0.3 is 7.82 Å². The molecule has 264 valence electrons. The Balaban J connectivity index is -0.000000439. The molecule has 2 atom stereocenters. The Kier molecular flexibility index (Phi) is 43.5. The fourth-order valence-corrected chi connectivity index (χ4v) is 5.12. The molecule has 2 unspecified atom stereocenters. The SMILES string of the molecule is C=C=O.C=C=O.CCCCC(CC)COCCOP(=O)(OCC)OCCOCC(CC)CCCC.CCCCOP(C)(C)=O. The van der Waals surface area contributed by atoms with Gasteiger partial charge in [-0.1, -0.05) is 79.6 Å². The van der Waals surface area contributed by atoms with Gasteiger partial charge in [-0.25, -0.2) is 14.2 Å². The fraction of sp³-hybridized carbons (Fsp3) is 0.875. The third-order valence-corrected chi connectivity index (χ3v) is 8.31. The minimum atomic E-state index is -3.56. The quantitative estimate of drug-likeness (QED) is 0.0500. The number of hydrogen-bond acceptors (Lipinski definition) is 10. The normalized spacial score (nSPS) is 13.3. The van der Waals surface area contributed by atoms with Crippen LogP contribution < -0.4 is 0 Å².